The van der Waals surface area contributed by atoms with Crippen molar-refractivity contribution < 1.29 is 4.42 Å². The first-order valence-electron chi connectivity index (χ1n) is 22.2. The van der Waals surface area contributed by atoms with E-state index >= 15 is 0 Å². The largest absolute Gasteiger partial charge is 0.455 e. The van der Waals surface area contributed by atoms with Crippen LogP contribution in [-0.4, -0.2) is 4.57 Å². The number of anilines is 3. The molecule has 12 aromatic rings. The van der Waals surface area contributed by atoms with E-state index in [2.05, 4.69) is 242 Å². The van der Waals surface area contributed by atoms with Crippen molar-refractivity contribution in [1.29, 1.82) is 0 Å². The van der Waals surface area contributed by atoms with Crippen LogP contribution in [-0.2, 0) is 5.41 Å². The Bertz CT molecular complexity index is 3770. The summed E-state index contributed by atoms with van der Waals surface area (Å²) in [7, 11) is 0. The Labute approximate surface area is 371 Å². The lowest BCUT2D eigenvalue weighted by Crippen LogP contribution is -2.14. The van der Waals surface area contributed by atoms with Crippen LogP contribution in [0.2, 0.25) is 0 Å². The highest BCUT2D eigenvalue weighted by Crippen LogP contribution is 2.50. The molecule has 2 heterocycles. The van der Waals surface area contributed by atoms with E-state index in [4.69, 9.17) is 4.42 Å². The maximum absolute atomic E-state index is 6.83. The highest BCUT2D eigenvalue weighted by atomic mass is 16.3. The smallest absolute Gasteiger partial charge is 0.143 e. The summed E-state index contributed by atoms with van der Waals surface area (Å²) in [4.78, 5) is 2.43. The van der Waals surface area contributed by atoms with Crippen molar-refractivity contribution in [2.24, 2.45) is 0 Å². The lowest BCUT2D eigenvalue weighted by molar-refractivity contribution is 0.660. The van der Waals surface area contributed by atoms with Gasteiger partial charge < -0.3 is 13.9 Å². The highest BCUT2D eigenvalue weighted by Gasteiger charge is 2.35. The quantitative estimate of drug-likeness (QED) is 0.167. The van der Waals surface area contributed by atoms with E-state index in [0.717, 1.165) is 55.8 Å². The average Bonchev–Trinajstić information content (AvgIpc) is 3.97. The number of furan rings is 1. The van der Waals surface area contributed by atoms with Crippen LogP contribution in [0.25, 0.3) is 93.6 Å². The van der Waals surface area contributed by atoms with E-state index in [-0.39, 0.29) is 5.41 Å². The predicted octanol–water partition coefficient (Wildman–Crippen LogP) is 16.9. The van der Waals surface area contributed by atoms with Crippen LogP contribution in [0.1, 0.15) is 25.0 Å². The third kappa shape index (κ3) is 5.47. The minimum absolute atomic E-state index is 0.0659. The summed E-state index contributed by atoms with van der Waals surface area (Å²) in [5.41, 5.74) is 18.4. The zero-order valence-electron chi connectivity index (χ0n) is 35.6. The Morgan fingerprint density at radius 1 is 0.406 bits per heavy atom. The van der Waals surface area contributed by atoms with E-state index in [1.165, 1.54) is 66.0 Å². The molecule has 13 rings (SSSR count). The molecule has 3 heteroatoms. The number of benzene rings is 10. The van der Waals surface area contributed by atoms with E-state index in [0.29, 0.717) is 0 Å². The molecule has 0 unspecified atom stereocenters. The summed E-state index contributed by atoms with van der Waals surface area (Å²) < 4.78 is 9.22. The summed E-state index contributed by atoms with van der Waals surface area (Å²) in [6.07, 6.45) is 0. The van der Waals surface area contributed by atoms with Gasteiger partial charge in [-0.05, 0) is 111 Å². The number of aromatic nitrogens is 1. The molecule has 302 valence electrons. The van der Waals surface area contributed by atoms with E-state index in [1.807, 2.05) is 0 Å². The van der Waals surface area contributed by atoms with Gasteiger partial charge in [0, 0.05) is 55.0 Å². The van der Waals surface area contributed by atoms with Crippen LogP contribution in [0.3, 0.4) is 0 Å². The molecule has 0 fully saturated rings. The predicted molar refractivity (Wildman–Crippen MR) is 269 cm³/mol. The molecule has 0 atom stereocenters. The van der Waals surface area contributed by atoms with Gasteiger partial charge in [-0.2, -0.15) is 0 Å². The summed E-state index contributed by atoms with van der Waals surface area (Å²) in [5, 5.41) is 7.03. The van der Waals surface area contributed by atoms with Gasteiger partial charge in [0.1, 0.15) is 11.2 Å². The summed E-state index contributed by atoms with van der Waals surface area (Å²) in [6.45, 7) is 4.70. The molecule has 0 N–H and O–H groups in total. The normalized spacial score (nSPS) is 13.0. The van der Waals surface area contributed by atoms with Crippen molar-refractivity contribution >= 4 is 71.6 Å². The zero-order valence-corrected chi connectivity index (χ0v) is 35.6. The maximum atomic E-state index is 6.83. The van der Waals surface area contributed by atoms with E-state index in [1.54, 1.807) is 0 Å². The topological polar surface area (TPSA) is 21.3 Å². The zero-order chi connectivity index (χ0) is 42.5. The molecule has 0 aliphatic heterocycles. The molecule has 0 amide bonds. The van der Waals surface area contributed by atoms with Crippen molar-refractivity contribution in [2.45, 2.75) is 19.3 Å². The Kier molecular flexibility index (Phi) is 7.95. The standard InChI is InChI=1S/C61H42N2O/c1-61(2)54-24-9-5-20-47(54)48-34-31-41(36-55(48)61)39-29-32-43(33-30-39)62(56-27-14-16-40-15-3-4-19-46(40)56)45-37-52(60-53(38-45)51-23-8-12-28-59(51)64-60)42-17-13-18-44(35-42)63-57-25-10-6-21-49(57)50-22-7-11-26-58(50)63/h3-38H,1-2H3. The van der Waals surface area contributed by atoms with Gasteiger partial charge in [0.15, 0.2) is 0 Å². The maximum Gasteiger partial charge on any atom is 0.143 e. The Hall–Kier alpha value is -8.14. The van der Waals surface area contributed by atoms with Crippen molar-refractivity contribution in [3.8, 4) is 39.1 Å². The Morgan fingerprint density at radius 3 is 1.86 bits per heavy atom. The molecule has 64 heavy (non-hydrogen) atoms. The van der Waals surface area contributed by atoms with Gasteiger partial charge in [-0.1, -0.05) is 166 Å². The van der Waals surface area contributed by atoms with Gasteiger partial charge in [-0.3, -0.25) is 0 Å². The SMILES string of the molecule is CC1(C)c2ccccc2-c2ccc(-c3ccc(N(c4cc(-c5cccc(-n6c7ccccc7c7ccccc76)c5)c5oc6ccccc6c5c4)c4cccc5ccccc45)cc3)cc21. The van der Waals surface area contributed by atoms with E-state index in [9.17, 15) is 0 Å². The number of nitrogens with zero attached hydrogens (tertiary/aromatic N) is 2. The molecule has 0 saturated carbocycles. The highest BCUT2D eigenvalue weighted by molar-refractivity contribution is 6.13. The molecule has 0 bridgehead atoms. The summed E-state index contributed by atoms with van der Waals surface area (Å²) in [6, 6.07) is 79.7. The van der Waals surface area contributed by atoms with Crippen LogP contribution in [0, 0.1) is 0 Å². The first kappa shape index (κ1) is 36.5. The van der Waals surface area contributed by atoms with Gasteiger partial charge in [0.05, 0.1) is 16.7 Å². The second kappa shape index (κ2) is 13.9. The molecule has 10 aromatic carbocycles. The monoisotopic (exact) mass is 818 g/mol. The first-order valence-corrected chi connectivity index (χ1v) is 22.2. The molecule has 1 aliphatic rings. The fourth-order valence-electron chi connectivity index (χ4n) is 10.7. The van der Waals surface area contributed by atoms with Gasteiger partial charge in [0.25, 0.3) is 0 Å². The second-order valence-electron chi connectivity index (χ2n) is 17.7. The lowest BCUT2D eigenvalue weighted by atomic mass is 9.81. The number of para-hydroxylation sites is 3. The number of hydrogen-bond acceptors (Lipinski definition) is 2. The fraction of sp³-hybridized carbons (Fsp3) is 0.0492. The molecule has 3 nitrogen and oxygen atoms in total. The minimum Gasteiger partial charge on any atom is -0.455 e. The average molecular weight is 819 g/mol. The third-order valence-electron chi connectivity index (χ3n) is 13.8. The van der Waals surface area contributed by atoms with Gasteiger partial charge >= 0.3 is 0 Å². The van der Waals surface area contributed by atoms with E-state index < -0.39 is 0 Å². The van der Waals surface area contributed by atoms with Gasteiger partial charge in [0.2, 0.25) is 0 Å². The molecule has 0 radical (unpaired) electrons. The van der Waals surface area contributed by atoms with Crippen LogP contribution in [0.5, 0.6) is 0 Å². The van der Waals surface area contributed by atoms with Gasteiger partial charge in [-0.25, -0.2) is 0 Å². The number of fused-ring (bicyclic) bond motifs is 10. The summed E-state index contributed by atoms with van der Waals surface area (Å²) in [5.74, 6) is 0. The van der Waals surface area contributed by atoms with Crippen LogP contribution < -0.4 is 4.90 Å². The number of hydrogen-bond donors (Lipinski definition) is 0. The summed E-state index contributed by atoms with van der Waals surface area (Å²) >= 11 is 0. The molecule has 0 saturated heterocycles. The molecule has 1 aliphatic carbocycles. The fourth-order valence-corrected chi connectivity index (χ4v) is 10.7. The third-order valence-corrected chi connectivity index (χ3v) is 13.8. The van der Waals surface area contributed by atoms with Crippen LogP contribution in [0.15, 0.2) is 223 Å². The minimum atomic E-state index is -0.0659. The van der Waals surface area contributed by atoms with Crippen molar-refractivity contribution in [3.63, 3.8) is 0 Å². The van der Waals surface area contributed by atoms with Crippen molar-refractivity contribution in [3.05, 3.63) is 230 Å². The van der Waals surface area contributed by atoms with Crippen molar-refractivity contribution in [1.82, 2.24) is 4.57 Å². The van der Waals surface area contributed by atoms with Crippen molar-refractivity contribution in [2.75, 3.05) is 4.90 Å². The lowest BCUT2D eigenvalue weighted by Gasteiger charge is -2.28. The molecular formula is C61H42N2O. The molecular weight excluding hydrogens is 777 g/mol. The number of rotatable bonds is 6. The Balaban J connectivity index is 1.00. The van der Waals surface area contributed by atoms with Crippen LogP contribution in [0.4, 0.5) is 17.1 Å². The molecule has 0 spiro atoms. The van der Waals surface area contributed by atoms with Crippen LogP contribution >= 0.6 is 0 Å². The molecule has 2 aromatic heterocycles. The first-order chi connectivity index (χ1) is 31.5. The van der Waals surface area contributed by atoms with Gasteiger partial charge in [-0.15, -0.1) is 0 Å². The Morgan fingerprint density at radius 2 is 1.05 bits per heavy atom. The second-order valence-corrected chi connectivity index (χ2v) is 17.7.